The van der Waals surface area contributed by atoms with Crippen LogP contribution in [0.2, 0.25) is 0 Å². The molecule has 0 aliphatic heterocycles. The average molecular weight is 562 g/mol. The van der Waals surface area contributed by atoms with Gasteiger partial charge >= 0.3 is 0 Å². The molecule has 0 aliphatic carbocycles. The van der Waals surface area contributed by atoms with Gasteiger partial charge in [0.25, 0.3) is 10.0 Å². The van der Waals surface area contributed by atoms with Crippen LogP contribution in [0.4, 0.5) is 4.39 Å². The number of carbonyl (C=O) groups excluding carboxylic acids is 1. The van der Waals surface area contributed by atoms with Gasteiger partial charge in [0.2, 0.25) is 5.91 Å². The summed E-state index contributed by atoms with van der Waals surface area (Å²) in [4.78, 5) is 12.5. The van der Waals surface area contributed by atoms with Crippen LogP contribution in [0.3, 0.4) is 0 Å². The molecule has 0 unspecified atom stereocenters. The van der Waals surface area contributed by atoms with Gasteiger partial charge in [-0.25, -0.2) is 17.5 Å². The molecule has 5 nitrogen and oxygen atoms in total. The molecule has 0 saturated heterocycles. The number of fused-ring (bicyclic) bond motifs is 1. The monoisotopic (exact) mass is 561 g/mol. The van der Waals surface area contributed by atoms with Gasteiger partial charge in [-0.05, 0) is 88.0 Å². The first-order valence-corrected chi connectivity index (χ1v) is 14.9. The predicted octanol–water partition coefficient (Wildman–Crippen LogP) is 7.17. The Labute approximate surface area is 236 Å². The van der Waals surface area contributed by atoms with Crippen molar-refractivity contribution in [1.82, 2.24) is 4.72 Å². The van der Waals surface area contributed by atoms with E-state index < -0.39 is 32.2 Å². The Morgan fingerprint density at radius 3 is 2.00 bits per heavy atom. The van der Waals surface area contributed by atoms with Gasteiger partial charge in [0.1, 0.15) is 10.7 Å². The second kappa shape index (κ2) is 11.1. The second-order valence-electron chi connectivity index (χ2n) is 11.4. The maximum absolute atomic E-state index is 14.8. The Balaban J connectivity index is 1.69. The predicted molar refractivity (Wildman–Crippen MR) is 158 cm³/mol. The van der Waals surface area contributed by atoms with Crippen LogP contribution in [0.1, 0.15) is 75.6 Å². The number of benzene rings is 4. The van der Waals surface area contributed by atoms with E-state index >= 15 is 0 Å². The van der Waals surface area contributed by atoms with Crippen molar-refractivity contribution in [2.24, 2.45) is 0 Å². The highest BCUT2D eigenvalue weighted by molar-refractivity contribution is 7.90. The minimum Gasteiger partial charge on any atom is -0.386 e. The van der Waals surface area contributed by atoms with Crippen LogP contribution in [0.15, 0.2) is 77.7 Å². The molecular weight excluding hydrogens is 525 g/mol. The van der Waals surface area contributed by atoms with Gasteiger partial charge in [0.15, 0.2) is 0 Å². The lowest BCUT2D eigenvalue weighted by atomic mass is 9.83. The van der Waals surface area contributed by atoms with Gasteiger partial charge in [-0.15, -0.1) is 0 Å². The largest absolute Gasteiger partial charge is 0.386 e. The average Bonchev–Trinajstić information content (AvgIpc) is 2.87. The number of sulfonamides is 1. The topological polar surface area (TPSA) is 83.5 Å². The van der Waals surface area contributed by atoms with E-state index in [9.17, 15) is 22.7 Å². The molecule has 0 radical (unpaired) electrons. The van der Waals surface area contributed by atoms with Gasteiger partial charge in [-0.1, -0.05) is 82.3 Å². The van der Waals surface area contributed by atoms with Gasteiger partial charge in [-0.2, -0.15) is 0 Å². The number of carbonyl (C=O) groups is 1. The Bertz CT molecular complexity index is 1660. The summed E-state index contributed by atoms with van der Waals surface area (Å²) in [7, 11) is -4.47. The molecule has 1 amide bonds. The van der Waals surface area contributed by atoms with Crippen molar-refractivity contribution in [1.29, 1.82) is 0 Å². The molecule has 210 valence electrons. The molecule has 0 spiro atoms. The van der Waals surface area contributed by atoms with Crippen molar-refractivity contribution in [2.45, 2.75) is 70.3 Å². The summed E-state index contributed by atoms with van der Waals surface area (Å²) in [6.45, 7) is 11.1. The van der Waals surface area contributed by atoms with Crippen LogP contribution in [0.5, 0.6) is 0 Å². The van der Waals surface area contributed by atoms with Gasteiger partial charge in [-0.3, -0.25) is 4.79 Å². The molecule has 0 bridgehead atoms. The zero-order chi connectivity index (χ0) is 29.4. The van der Waals surface area contributed by atoms with Gasteiger partial charge < -0.3 is 5.11 Å². The fraction of sp³-hybridized carbons (Fsp3) is 0.303. The summed E-state index contributed by atoms with van der Waals surface area (Å²) in [6.07, 6.45) is -0.165. The number of amides is 1. The summed E-state index contributed by atoms with van der Waals surface area (Å²) in [5, 5.41) is 12.4. The highest BCUT2D eigenvalue weighted by atomic mass is 32.2. The minimum absolute atomic E-state index is 0.0733. The Hall–Kier alpha value is -3.55. The molecule has 0 heterocycles. The summed E-state index contributed by atoms with van der Waals surface area (Å²) in [5.41, 5.74) is 3.68. The molecule has 0 fully saturated rings. The van der Waals surface area contributed by atoms with Crippen molar-refractivity contribution >= 4 is 26.7 Å². The highest BCUT2D eigenvalue weighted by Gasteiger charge is 2.26. The summed E-state index contributed by atoms with van der Waals surface area (Å²) < 4.78 is 42.7. The molecule has 4 aromatic carbocycles. The molecule has 0 aliphatic rings. The van der Waals surface area contributed by atoms with Crippen LogP contribution in [-0.4, -0.2) is 19.4 Å². The summed E-state index contributed by atoms with van der Waals surface area (Å²) in [6, 6.07) is 22.0. The van der Waals surface area contributed by atoms with Gasteiger partial charge in [0.05, 0.1) is 12.0 Å². The van der Waals surface area contributed by atoms with E-state index in [2.05, 4.69) is 42.5 Å². The third-order valence-corrected chi connectivity index (χ3v) is 8.57. The summed E-state index contributed by atoms with van der Waals surface area (Å²) >= 11 is 0. The molecular formula is C33H36FNO4S. The minimum atomic E-state index is -4.47. The number of hydrogen-bond acceptors (Lipinski definition) is 4. The zero-order valence-electron chi connectivity index (χ0n) is 23.7. The maximum atomic E-state index is 14.8. The van der Waals surface area contributed by atoms with Crippen molar-refractivity contribution in [3.05, 3.63) is 101 Å². The molecule has 4 aromatic rings. The second-order valence-corrected chi connectivity index (χ2v) is 13.1. The first-order chi connectivity index (χ1) is 18.7. The quantitative estimate of drug-likeness (QED) is 0.239. The number of halogens is 1. The summed E-state index contributed by atoms with van der Waals surface area (Å²) in [5.74, 6) is -1.63. The molecule has 2 N–H and O–H groups in total. The first kappa shape index (κ1) is 29.4. The number of rotatable bonds is 8. The Morgan fingerprint density at radius 2 is 1.45 bits per heavy atom. The molecule has 0 aromatic heterocycles. The lowest BCUT2D eigenvalue weighted by Gasteiger charge is -2.22. The van der Waals surface area contributed by atoms with E-state index in [0.29, 0.717) is 0 Å². The maximum Gasteiger partial charge on any atom is 0.266 e. The van der Waals surface area contributed by atoms with Crippen LogP contribution >= 0.6 is 0 Å². The van der Waals surface area contributed by atoms with Crippen molar-refractivity contribution < 1.29 is 22.7 Å². The molecule has 40 heavy (non-hydrogen) atoms. The lowest BCUT2D eigenvalue weighted by molar-refractivity contribution is -0.118. The third-order valence-electron chi connectivity index (χ3n) is 7.16. The standard InChI is InChI=1S/C33H36FNO4S/c1-20(2)27-16-25(24-12-11-22-9-7-8-10-23(22)15-24)17-28(21(3)4)29(27)19-32(36)35-40(38,39)31-14-13-26(18-30(31)34)33(5,6)37/h7-18,20-21,37H,19H2,1-6H3,(H,35,36). The van der Waals surface area contributed by atoms with E-state index in [1.807, 2.05) is 44.5 Å². The molecule has 4 rings (SSSR count). The SMILES string of the molecule is CC(C)c1cc(-c2ccc3ccccc3c2)cc(C(C)C)c1CC(=O)NS(=O)(=O)c1ccc(C(C)(C)O)cc1F. The number of nitrogens with one attached hydrogen (secondary N) is 1. The van der Waals surface area contributed by atoms with E-state index in [-0.39, 0.29) is 23.8 Å². The third kappa shape index (κ3) is 6.26. The van der Waals surface area contributed by atoms with Crippen LogP contribution in [0.25, 0.3) is 21.9 Å². The van der Waals surface area contributed by atoms with Crippen LogP contribution in [-0.2, 0) is 26.8 Å². The van der Waals surface area contributed by atoms with E-state index in [4.69, 9.17) is 0 Å². The normalized spacial score (nSPS) is 12.3. The van der Waals surface area contributed by atoms with Gasteiger partial charge in [0, 0.05) is 0 Å². The van der Waals surface area contributed by atoms with E-state index in [1.54, 1.807) is 0 Å². The highest BCUT2D eigenvalue weighted by Crippen LogP contribution is 2.35. The smallest absolute Gasteiger partial charge is 0.266 e. The lowest BCUT2D eigenvalue weighted by Crippen LogP contribution is -2.33. The first-order valence-electron chi connectivity index (χ1n) is 13.4. The fourth-order valence-corrected chi connectivity index (χ4v) is 6.03. The Morgan fingerprint density at radius 1 is 0.850 bits per heavy atom. The number of aliphatic hydroxyl groups is 1. The fourth-order valence-electron chi connectivity index (χ4n) is 4.99. The molecule has 7 heteroatoms. The Kier molecular flexibility index (Phi) is 8.20. The van der Waals surface area contributed by atoms with Crippen LogP contribution in [0, 0.1) is 5.82 Å². The van der Waals surface area contributed by atoms with Crippen LogP contribution < -0.4 is 4.72 Å². The van der Waals surface area contributed by atoms with E-state index in [1.165, 1.54) is 19.9 Å². The molecule has 0 saturated carbocycles. The van der Waals surface area contributed by atoms with E-state index in [0.717, 1.165) is 50.7 Å². The van der Waals surface area contributed by atoms with Crippen molar-refractivity contribution in [2.75, 3.05) is 0 Å². The molecule has 0 atom stereocenters. The number of hydrogen-bond donors (Lipinski definition) is 2. The van der Waals surface area contributed by atoms with Crippen molar-refractivity contribution in [3.63, 3.8) is 0 Å². The van der Waals surface area contributed by atoms with Crippen molar-refractivity contribution in [3.8, 4) is 11.1 Å². The zero-order valence-corrected chi connectivity index (χ0v) is 24.6.